The van der Waals surface area contributed by atoms with Crippen molar-refractivity contribution in [3.8, 4) is 5.75 Å². The van der Waals surface area contributed by atoms with Crippen molar-refractivity contribution >= 4 is 21.4 Å². The predicted octanol–water partition coefficient (Wildman–Crippen LogP) is 2.53. The number of piperazine rings is 1. The molecule has 0 bridgehead atoms. The third kappa shape index (κ3) is 4.52. The Balaban J connectivity index is 1.50. The van der Waals surface area contributed by atoms with E-state index in [-0.39, 0.29) is 36.0 Å². The molecule has 2 fully saturated rings. The number of nitrogens with zero attached hydrogens (tertiary/aromatic N) is 2. The van der Waals surface area contributed by atoms with E-state index in [2.05, 4.69) is 17.0 Å². The van der Waals surface area contributed by atoms with Crippen LogP contribution in [0, 0.1) is 0 Å². The van der Waals surface area contributed by atoms with E-state index < -0.39 is 9.84 Å². The minimum Gasteiger partial charge on any atom is -0.494 e. The maximum atomic E-state index is 13.1. The van der Waals surface area contributed by atoms with Crippen LogP contribution in [0.25, 0.3) is 0 Å². The highest BCUT2D eigenvalue weighted by atomic mass is 32.2. The molecule has 30 heavy (non-hydrogen) atoms. The first-order valence-corrected chi connectivity index (χ1v) is 12.3. The lowest BCUT2D eigenvalue weighted by Gasteiger charge is -2.43. The summed E-state index contributed by atoms with van der Waals surface area (Å²) in [4.78, 5) is 16.8. The summed E-state index contributed by atoms with van der Waals surface area (Å²) in [5.41, 5.74) is 1.99. The first-order valence-electron chi connectivity index (χ1n) is 10.5. The number of amides is 1. The number of benzene rings is 2. The lowest BCUT2D eigenvalue weighted by atomic mass is 10.0. The number of hydrogen-bond donors (Lipinski definition) is 0. The third-order valence-electron chi connectivity index (χ3n) is 5.88. The van der Waals surface area contributed by atoms with Crippen molar-refractivity contribution in [3.05, 3.63) is 60.2 Å². The topological polar surface area (TPSA) is 66.9 Å². The molecule has 0 spiro atoms. The summed E-state index contributed by atoms with van der Waals surface area (Å²) in [6, 6.07) is 17.1. The maximum Gasteiger partial charge on any atom is 0.241 e. The lowest BCUT2D eigenvalue weighted by Crippen LogP contribution is -2.62. The number of carbonyl (C=O) groups is 1. The summed E-state index contributed by atoms with van der Waals surface area (Å²) in [6.07, 6.45) is 1.81. The van der Waals surface area contributed by atoms with Gasteiger partial charge in [-0.3, -0.25) is 9.69 Å². The van der Waals surface area contributed by atoms with E-state index >= 15 is 0 Å². The largest absolute Gasteiger partial charge is 0.494 e. The Bertz CT molecular complexity index is 976. The van der Waals surface area contributed by atoms with Crippen molar-refractivity contribution in [2.24, 2.45) is 0 Å². The molecule has 2 saturated heterocycles. The molecule has 0 saturated carbocycles. The van der Waals surface area contributed by atoms with Gasteiger partial charge in [0, 0.05) is 11.7 Å². The van der Waals surface area contributed by atoms with E-state index in [9.17, 15) is 13.2 Å². The molecule has 2 atom stereocenters. The molecular weight excluding hydrogens is 400 g/mol. The molecule has 2 aliphatic rings. The molecule has 2 aromatic rings. The van der Waals surface area contributed by atoms with Gasteiger partial charge in [-0.05, 0) is 56.1 Å². The smallest absolute Gasteiger partial charge is 0.241 e. The van der Waals surface area contributed by atoms with Crippen molar-refractivity contribution in [1.82, 2.24) is 4.90 Å². The third-order valence-corrected chi connectivity index (χ3v) is 7.58. The van der Waals surface area contributed by atoms with Gasteiger partial charge in [0.15, 0.2) is 9.84 Å². The van der Waals surface area contributed by atoms with E-state index in [1.165, 1.54) is 5.56 Å². The Hall–Kier alpha value is -2.38. The Morgan fingerprint density at radius 2 is 1.70 bits per heavy atom. The monoisotopic (exact) mass is 428 g/mol. The summed E-state index contributed by atoms with van der Waals surface area (Å²) in [7, 11) is -3.18. The molecule has 1 amide bonds. The van der Waals surface area contributed by atoms with Gasteiger partial charge in [-0.15, -0.1) is 0 Å². The number of anilines is 1. The summed E-state index contributed by atoms with van der Waals surface area (Å²) in [5.74, 6) is 0.830. The molecule has 160 valence electrons. The van der Waals surface area contributed by atoms with Crippen LogP contribution in [0.5, 0.6) is 5.75 Å². The number of ether oxygens (including phenoxy) is 1. The van der Waals surface area contributed by atoms with Crippen molar-refractivity contribution in [1.29, 1.82) is 0 Å². The molecule has 7 heteroatoms. The number of rotatable bonds is 7. The van der Waals surface area contributed by atoms with Crippen LogP contribution >= 0.6 is 0 Å². The van der Waals surface area contributed by atoms with Gasteiger partial charge in [-0.2, -0.15) is 0 Å². The van der Waals surface area contributed by atoms with E-state index in [1.807, 2.05) is 49.4 Å². The van der Waals surface area contributed by atoms with Crippen molar-refractivity contribution in [3.63, 3.8) is 0 Å². The molecule has 0 unspecified atom stereocenters. The normalized spacial score (nSPS) is 23.4. The SMILES string of the molecule is CCOc1ccc(N2C(=O)CN(CCCc3ccccc3)[C@H]3CS(=O)(=O)C[C@H]32)cc1. The van der Waals surface area contributed by atoms with E-state index in [1.54, 1.807) is 4.90 Å². The fraction of sp³-hybridized carbons (Fsp3) is 0.435. The summed E-state index contributed by atoms with van der Waals surface area (Å²) in [5, 5.41) is 0. The zero-order valence-corrected chi connectivity index (χ0v) is 18.1. The number of fused-ring (bicyclic) bond motifs is 1. The Labute approximate surface area is 178 Å². The van der Waals surface area contributed by atoms with Gasteiger partial charge in [-0.25, -0.2) is 8.42 Å². The minimum absolute atomic E-state index is 0.0196. The molecule has 0 radical (unpaired) electrons. The summed E-state index contributed by atoms with van der Waals surface area (Å²) < 4.78 is 30.4. The van der Waals surface area contributed by atoms with Gasteiger partial charge in [0.05, 0.1) is 30.7 Å². The molecule has 6 nitrogen and oxygen atoms in total. The second kappa shape index (κ2) is 8.78. The van der Waals surface area contributed by atoms with Crippen molar-refractivity contribution in [2.45, 2.75) is 31.8 Å². The van der Waals surface area contributed by atoms with Crippen LogP contribution in [0.3, 0.4) is 0 Å². The van der Waals surface area contributed by atoms with Crippen LogP contribution in [-0.2, 0) is 21.1 Å². The maximum absolute atomic E-state index is 13.1. The minimum atomic E-state index is -3.18. The molecule has 0 aliphatic carbocycles. The Morgan fingerprint density at radius 3 is 2.40 bits per heavy atom. The number of sulfone groups is 1. The average Bonchev–Trinajstić information content (AvgIpc) is 3.05. The fourth-order valence-electron chi connectivity index (χ4n) is 4.54. The van der Waals surface area contributed by atoms with Crippen LogP contribution in [0.15, 0.2) is 54.6 Å². The van der Waals surface area contributed by atoms with Crippen molar-refractivity contribution in [2.75, 3.05) is 36.1 Å². The van der Waals surface area contributed by atoms with Gasteiger partial charge in [-0.1, -0.05) is 30.3 Å². The molecule has 4 rings (SSSR count). The van der Waals surface area contributed by atoms with Crippen LogP contribution in [-0.4, -0.2) is 62.5 Å². The molecule has 0 N–H and O–H groups in total. The molecule has 2 aromatic carbocycles. The molecule has 2 aliphatic heterocycles. The summed E-state index contributed by atoms with van der Waals surface area (Å²) in [6.45, 7) is 3.46. The average molecular weight is 429 g/mol. The number of carbonyl (C=O) groups excluding carboxylic acids is 1. The van der Waals surface area contributed by atoms with Gasteiger partial charge >= 0.3 is 0 Å². The van der Waals surface area contributed by atoms with E-state index in [0.717, 1.165) is 24.3 Å². The highest BCUT2D eigenvalue weighted by Gasteiger charge is 2.49. The zero-order chi connectivity index (χ0) is 21.1. The zero-order valence-electron chi connectivity index (χ0n) is 17.2. The second-order valence-electron chi connectivity index (χ2n) is 7.96. The van der Waals surface area contributed by atoms with Crippen LogP contribution in [0.4, 0.5) is 5.69 Å². The van der Waals surface area contributed by atoms with Crippen LogP contribution in [0.2, 0.25) is 0 Å². The molecule has 0 aromatic heterocycles. The molecular formula is C23H28N2O4S. The van der Waals surface area contributed by atoms with Crippen molar-refractivity contribution < 1.29 is 17.9 Å². The molecule has 2 heterocycles. The number of hydrogen-bond acceptors (Lipinski definition) is 5. The quantitative estimate of drug-likeness (QED) is 0.678. The van der Waals surface area contributed by atoms with E-state index in [4.69, 9.17) is 4.74 Å². The Morgan fingerprint density at radius 1 is 1.00 bits per heavy atom. The first-order chi connectivity index (χ1) is 14.5. The van der Waals surface area contributed by atoms with E-state index in [0.29, 0.717) is 13.2 Å². The predicted molar refractivity (Wildman–Crippen MR) is 118 cm³/mol. The van der Waals surface area contributed by atoms with Crippen LogP contribution < -0.4 is 9.64 Å². The second-order valence-corrected chi connectivity index (χ2v) is 10.1. The number of aryl methyl sites for hydroxylation is 1. The highest BCUT2D eigenvalue weighted by Crippen LogP contribution is 2.32. The van der Waals surface area contributed by atoms with Gasteiger partial charge in [0.2, 0.25) is 5.91 Å². The van der Waals surface area contributed by atoms with Gasteiger partial charge < -0.3 is 9.64 Å². The highest BCUT2D eigenvalue weighted by molar-refractivity contribution is 7.91. The van der Waals surface area contributed by atoms with Crippen LogP contribution in [0.1, 0.15) is 18.9 Å². The summed E-state index contributed by atoms with van der Waals surface area (Å²) >= 11 is 0. The van der Waals surface area contributed by atoms with Gasteiger partial charge in [0.1, 0.15) is 5.75 Å². The lowest BCUT2D eigenvalue weighted by molar-refractivity contribution is -0.123. The van der Waals surface area contributed by atoms with Gasteiger partial charge in [0.25, 0.3) is 0 Å². The Kier molecular flexibility index (Phi) is 6.11. The fourth-order valence-corrected chi connectivity index (χ4v) is 6.52. The standard InChI is InChI=1S/C23H28N2O4S/c1-2-29-20-12-10-19(11-13-20)25-22-17-30(27,28)16-21(22)24(15-23(25)26)14-6-9-18-7-4-3-5-8-18/h3-5,7-8,10-13,21-22H,2,6,9,14-17H2,1H3/t21-,22+/m0/s1. The first kappa shape index (κ1) is 20.9.